The number of rotatable bonds is 4. The Labute approximate surface area is 126 Å². The minimum Gasteiger partial charge on any atom is -0.313 e. The number of likely N-dealkylation sites (N-methyl/N-ethyl adjacent to an activating group) is 1. The summed E-state index contributed by atoms with van der Waals surface area (Å²) >= 11 is 2.18. The molecule has 1 aromatic carbocycles. The van der Waals surface area contributed by atoms with Gasteiger partial charge in [0.05, 0.1) is 5.69 Å². The fourth-order valence-corrected chi connectivity index (χ4v) is 3.07. The lowest BCUT2D eigenvalue weighted by Gasteiger charge is -2.18. The molecule has 0 bridgehead atoms. The van der Waals surface area contributed by atoms with Crippen molar-refractivity contribution >= 4 is 22.6 Å². The molecule has 0 aliphatic carbocycles. The van der Waals surface area contributed by atoms with Crippen molar-refractivity contribution in [2.24, 2.45) is 7.05 Å². The monoisotopic (exact) mass is 373 g/mol. The van der Waals surface area contributed by atoms with Crippen LogP contribution in [0, 0.1) is 16.3 Å². The van der Waals surface area contributed by atoms with E-state index in [9.17, 15) is 4.39 Å². The Balaban J connectivity index is 2.27. The van der Waals surface area contributed by atoms with Crippen molar-refractivity contribution in [1.29, 1.82) is 0 Å². The van der Waals surface area contributed by atoms with Gasteiger partial charge in [-0.3, -0.25) is 4.68 Å². The van der Waals surface area contributed by atoms with Gasteiger partial charge in [0.2, 0.25) is 0 Å². The molecule has 2 aromatic rings. The molecule has 5 heteroatoms. The number of aryl methyl sites for hydroxylation is 2. The molecule has 1 unspecified atom stereocenters. The van der Waals surface area contributed by atoms with Crippen LogP contribution in [0.5, 0.6) is 0 Å². The molecule has 102 valence electrons. The molecular weight excluding hydrogens is 356 g/mol. The second-order valence-corrected chi connectivity index (χ2v) is 5.77. The third kappa shape index (κ3) is 3.33. The van der Waals surface area contributed by atoms with Gasteiger partial charge in [-0.2, -0.15) is 5.10 Å². The van der Waals surface area contributed by atoms with Crippen LogP contribution in [0.4, 0.5) is 4.39 Å². The van der Waals surface area contributed by atoms with Gasteiger partial charge in [-0.15, -0.1) is 0 Å². The van der Waals surface area contributed by atoms with E-state index in [0.717, 1.165) is 26.9 Å². The van der Waals surface area contributed by atoms with E-state index in [4.69, 9.17) is 0 Å². The minimum absolute atomic E-state index is 0.155. The second-order valence-electron chi connectivity index (χ2n) is 4.61. The van der Waals surface area contributed by atoms with Crippen molar-refractivity contribution in [3.8, 4) is 0 Å². The molecule has 1 atom stereocenters. The van der Waals surface area contributed by atoms with Crippen molar-refractivity contribution < 1.29 is 4.39 Å². The molecule has 1 aromatic heterocycles. The molecule has 0 fully saturated rings. The van der Waals surface area contributed by atoms with Crippen LogP contribution >= 0.6 is 22.6 Å². The largest absolute Gasteiger partial charge is 0.313 e. The number of hydrogen-bond acceptors (Lipinski definition) is 2. The number of hydrogen-bond donors (Lipinski definition) is 1. The molecule has 0 saturated carbocycles. The summed E-state index contributed by atoms with van der Waals surface area (Å²) in [5.41, 5.74) is 3.29. The van der Waals surface area contributed by atoms with Gasteiger partial charge < -0.3 is 5.32 Å². The Bertz CT molecular complexity index is 580. The number of nitrogens with zero attached hydrogens (tertiary/aromatic N) is 2. The summed E-state index contributed by atoms with van der Waals surface area (Å²) in [4.78, 5) is 0. The molecule has 1 N–H and O–H groups in total. The van der Waals surface area contributed by atoms with Crippen LogP contribution in [0.25, 0.3) is 0 Å². The van der Waals surface area contributed by atoms with Gasteiger partial charge in [-0.05, 0) is 60.3 Å². The van der Waals surface area contributed by atoms with Crippen LogP contribution in [-0.2, 0) is 13.5 Å². The molecule has 0 saturated heterocycles. The molecule has 1 heterocycles. The minimum atomic E-state index is -0.195. The quantitative estimate of drug-likeness (QED) is 0.836. The van der Waals surface area contributed by atoms with Crippen molar-refractivity contribution in [2.75, 3.05) is 7.05 Å². The summed E-state index contributed by atoms with van der Waals surface area (Å²) < 4.78 is 16.0. The fraction of sp³-hybridized carbons (Fsp3) is 0.357. The number of nitrogens with one attached hydrogen (secondary N) is 1. The van der Waals surface area contributed by atoms with Gasteiger partial charge in [0.1, 0.15) is 5.82 Å². The summed E-state index contributed by atoms with van der Waals surface area (Å²) in [5, 5.41) is 7.65. The van der Waals surface area contributed by atoms with Crippen molar-refractivity contribution in [2.45, 2.75) is 19.4 Å². The van der Waals surface area contributed by atoms with Gasteiger partial charge in [0.25, 0.3) is 0 Å². The molecule has 2 rings (SSSR count). The standard InChI is InChI=1S/C14H17FIN3/c1-9-6-11(19(3)18-9)8-14(17-2)12-5-4-10(15)7-13(12)16/h4-7,14,17H,8H2,1-3H3. The molecule has 0 amide bonds. The molecule has 0 spiro atoms. The van der Waals surface area contributed by atoms with Crippen LogP contribution < -0.4 is 5.32 Å². The SMILES string of the molecule is CNC(Cc1cc(C)nn1C)c1ccc(F)cc1I. The van der Waals surface area contributed by atoms with Gasteiger partial charge in [0.15, 0.2) is 0 Å². The van der Waals surface area contributed by atoms with Crippen LogP contribution in [0.1, 0.15) is 23.0 Å². The van der Waals surface area contributed by atoms with Gasteiger partial charge in [-0.1, -0.05) is 6.07 Å². The Hall–Kier alpha value is -0.950. The lowest BCUT2D eigenvalue weighted by molar-refractivity contribution is 0.556. The van der Waals surface area contributed by atoms with Gasteiger partial charge in [-0.25, -0.2) is 4.39 Å². The average Bonchev–Trinajstić information content (AvgIpc) is 2.65. The van der Waals surface area contributed by atoms with E-state index in [1.54, 1.807) is 6.07 Å². The van der Waals surface area contributed by atoms with Gasteiger partial charge in [0, 0.05) is 28.8 Å². The first kappa shape index (κ1) is 14.5. The Morgan fingerprint density at radius 2 is 2.16 bits per heavy atom. The van der Waals surface area contributed by atoms with Crippen LogP contribution in [0.2, 0.25) is 0 Å². The topological polar surface area (TPSA) is 29.9 Å². The Morgan fingerprint density at radius 1 is 1.42 bits per heavy atom. The first-order chi connectivity index (χ1) is 9.01. The molecule has 0 aliphatic rings. The Morgan fingerprint density at radius 3 is 2.68 bits per heavy atom. The molecule has 0 radical (unpaired) electrons. The highest BCUT2D eigenvalue weighted by molar-refractivity contribution is 14.1. The van der Waals surface area contributed by atoms with E-state index >= 15 is 0 Å². The van der Waals surface area contributed by atoms with E-state index in [1.807, 2.05) is 31.8 Å². The number of halogens is 2. The maximum atomic E-state index is 13.2. The van der Waals surface area contributed by atoms with Crippen molar-refractivity contribution in [1.82, 2.24) is 15.1 Å². The smallest absolute Gasteiger partial charge is 0.124 e. The molecule has 0 aliphatic heterocycles. The zero-order valence-electron chi connectivity index (χ0n) is 11.2. The van der Waals surface area contributed by atoms with E-state index in [1.165, 1.54) is 6.07 Å². The van der Waals surface area contributed by atoms with Crippen molar-refractivity contribution in [3.05, 3.63) is 50.6 Å². The normalized spacial score (nSPS) is 12.7. The predicted molar refractivity (Wildman–Crippen MR) is 82.6 cm³/mol. The maximum absolute atomic E-state index is 13.2. The predicted octanol–water partition coefficient (Wildman–Crippen LogP) is 2.98. The van der Waals surface area contributed by atoms with Crippen LogP contribution in [-0.4, -0.2) is 16.8 Å². The first-order valence-corrected chi connectivity index (χ1v) is 7.21. The van der Waals surface area contributed by atoms with Crippen molar-refractivity contribution in [3.63, 3.8) is 0 Å². The highest BCUT2D eigenvalue weighted by atomic mass is 127. The average molecular weight is 373 g/mol. The summed E-state index contributed by atoms with van der Waals surface area (Å²) in [7, 11) is 3.87. The highest BCUT2D eigenvalue weighted by Gasteiger charge is 2.16. The van der Waals surface area contributed by atoms with Crippen LogP contribution in [0.15, 0.2) is 24.3 Å². The maximum Gasteiger partial charge on any atom is 0.124 e. The van der Waals surface area contributed by atoms with E-state index in [-0.39, 0.29) is 11.9 Å². The fourth-order valence-electron chi connectivity index (χ4n) is 2.22. The summed E-state index contributed by atoms with van der Waals surface area (Å²) in [6.45, 7) is 1.99. The van der Waals surface area contributed by atoms with E-state index < -0.39 is 0 Å². The molecule has 3 nitrogen and oxygen atoms in total. The third-order valence-corrected chi connectivity index (χ3v) is 4.13. The second kappa shape index (κ2) is 6.00. The lowest BCUT2D eigenvalue weighted by Crippen LogP contribution is -2.21. The van der Waals surface area contributed by atoms with E-state index in [0.29, 0.717) is 0 Å². The zero-order valence-corrected chi connectivity index (χ0v) is 13.4. The lowest BCUT2D eigenvalue weighted by atomic mass is 10.0. The number of benzene rings is 1. The van der Waals surface area contributed by atoms with Gasteiger partial charge >= 0.3 is 0 Å². The van der Waals surface area contributed by atoms with E-state index in [2.05, 4.69) is 39.1 Å². The first-order valence-electron chi connectivity index (χ1n) is 6.13. The summed E-state index contributed by atoms with van der Waals surface area (Å²) in [6.07, 6.45) is 0.829. The molecular formula is C14H17FIN3. The molecule has 19 heavy (non-hydrogen) atoms. The van der Waals surface area contributed by atoms with Crippen LogP contribution in [0.3, 0.4) is 0 Å². The third-order valence-electron chi connectivity index (χ3n) is 3.20. The zero-order chi connectivity index (χ0) is 14.0. The number of aromatic nitrogens is 2. The Kier molecular flexibility index (Phi) is 4.57. The summed E-state index contributed by atoms with van der Waals surface area (Å²) in [5.74, 6) is -0.195. The summed E-state index contributed by atoms with van der Waals surface area (Å²) in [6, 6.07) is 7.16. The highest BCUT2D eigenvalue weighted by Crippen LogP contribution is 2.24.